The first-order valence-corrected chi connectivity index (χ1v) is 9.69. The fourth-order valence-corrected chi connectivity index (χ4v) is 5.01. The quantitative estimate of drug-likeness (QED) is 0.830. The van der Waals surface area contributed by atoms with Crippen molar-refractivity contribution in [2.45, 2.75) is 75.5 Å². The molecule has 0 radical (unpaired) electrons. The average molecular weight is 320 g/mol. The lowest BCUT2D eigenvalue weighted by atomic mass is 9.82. The number of likely N-dealkylation sites (tertiary alicyclic amines) is 1. The average Bonchev–Trinajstić information content (AvgIpc) is 3.25. The molecule has 2 bridgehead atoms. The van der Waals surface area contributed by atoms with Crippen LogP contribution in [0.4, 0.5) is 4.79 Å². The first-order valence-electron chi connectivity index (χ1n) is 9.69. The van der Waals surface area contributed by atoms with Crippen LogP contribution in [0.25, 0.3) is 0 Å². The van der Waals surface area contributed by atoms with Gasteiger partial charge in [0, 0.05) is 37.3 Å². The number of carbonyl (C=O) groups is 1. The Balaban J connectivity index is 1.18. The minimum atomic E-state index is 0.0579. The van der Waals surface area contributed by atoms with Gasteiger partial charge in [0.1, 0.15) is 0 Å². The van der Waals surface area contributed by atoms with Crippen molar-refractivity contribution >= 4 is 6.03 Å². The Morgan fingerprint density at radius 2 is 1.78 bits per heavy atom. The first-order chi connectivity index (χ1) is 11.2. The van der Waals surface area contributed by atoms with Gasteiger partial charge in [-0.2, -0.15) is 0 Å². The summed E-state index contributed by atoms with van der Waals surface area (Å²) in [6.07, 6.45) is 10.2. The van der Waals surface area contributed by atoms with E-state index in [0.29, 0.717) is 24.0 Å². The van der Waals surface area contributed by atoms with Gasteiger partial charge >= 0.3 is 6.03 Å². The molecule has 1 aliphatic carbocycles. The number of nitrogens with zero attached hydrogens (tertiary/aromatic N) is 2. The van der Waals surface area contributed by atoms with Crippen LogP contribution in [-0.2, 0) is 0 Å². The highest BCUT2D eigenvalue weighted by Gasteiger charge is 2.37. The van der Waals surface area contributed by atoms with Crippen LogP contribution in [0.15, 0.2) is 0 Å². The van der Waals surface area contributed by atoms with Crippen molar-refractivity contribution in [1.29, 1.82) is 0 Å². The van der Waals surface area contributed by atoms with Crippen LogP contribution in [0.5, 0.6) is 0 Å². The molecule has 5 nitrogen and oxygen atoms in total. The topological polar surface area (TPSA) is 47.6 Å². The second kappa shape index (κ2) is 6.60. The lowest BCUT2D eigenvalue weighted by Crippen LogP contribution is -2.56. The van der Waals surface area contributed by atoms with Crippen LogP contribution < -0.4 is 10.6 Å². The van der Waals surface area contributed by atoms with E-state index in [-0.39, 0.29) is 6.03 Å². The first kappa shape index (κ1) is 15.7. The van der Waals surface area contributed by atoms with Crippen molar-refractivity contribution in [2.75, 3.05) is 26.7 Å². The van der Waals surface area contributed by atoms with Crippen molar-refractivity contribution < 1.29 is 4.79 Å². The molecule has 3 atom stereocenters. The Morgan fingerprint density at radius 1 is 1.04 bits per heavy atom. The van der Waals surface area contributed by atoms with E-state index in [0.717, 1.165) is 25.4 Å². The number of fused-ring (bicyclic) bond motifs is 2. The molecule has 4 aliphatic rings. The van der Waals surface area contributed by atoms with Crippen molar-refractivity contribution in [3.63, 3.8) is 0 Å². The molecule has 3 aliphatic heterocycles. The molecule has 0 spiro atoms. The van der Waals surface area contributed by atoms with E-state index < -0.39 is 0 Å². The van der Waals surface area contributed by atoms with Gasteiger partial charge < -0.3 is 20.4 Å². The third kappa shape index (κ3) is 3.66. The predicted octanol–water partition coefficient (Wildman–Crippen LogP) is 1.79. The molecule has 3 heterocycles. The fraction of sp³-hybridized carbons (Fsp3) is 0.944. The standard InChI is InChI=1S/C18H32N4O/c1-21-16-3-2-4-17(21)10-14(9-16)20-18(23)19-11-13-7-8-22(12-13)15-5-6-15/h13-17H,2-12H2,1H3,(H2,19,20,23)/t13-,16+,17+/m1/s1. The summed E-state index contributed by atoms with van der Waals surface area (Å²) in [5, 5.41) is 6.39. The van der Waals surface area contributed by atoms with Gasteiger partial charge in [-0.1, -0.05) is 6.42 Å². The monoisotopic (exact) mass is 320 g/mol. The van der Waals surface area contributed by atoms with Gasteiger partial charge in [-0.05, 0) is 64.5 Å². The molecule has 0 aromatic rings. The van der Waals surface area contributed by atoms with Gasteiger partial charge in [-0.3, -0.25) is 0 Å². The van der Waals surface area contributed by atoms with E-state index in [4.69, 9.17) is 0 Å². The van der Waals surface area contributed by atoms with Gasteiger partial charge in [-0.15, -0.1) is 0 Å². The Morgan fingerprint density at radius 3 is 2.48 bits per heavy atom. The number of amides is 2. The van der Waals surface area contributed by atoms with Crippen LogP contribution >= 0.6 is 0 Å². The number of carbonyl (C=O) groups excluding carboxylic acids is 1. The molecule has 3 saturated heterocycles. The maximum atomic E-state index is 12.2. The number of hydrogen-bond acceptors (Lipinski definition) is 3. The van der Waals surface area contributed by atoms with E-state index in [1.807, 2.05) is 0 Å². The Kier molecular flexibility index (Phi) is 4.50. The van der Waals surface area contributed by atoms with Crippen molar-refractivity contribution in [2.24, 2.45) is 5.92 Å². The summed E-state index contributed by atoms with van der Waals surface area (Å²) < 4.78 is 0. The fourth-order valence-electron chi connectivity index (χ4n) is 5.01. The lowest BCUT2D eigenvalue weighted by Gasteiger charge is -2.47. The van der Waals surface area contributed by atoms with Crippen molar-refractivity contribution in [3.05, 3.63) is 0 Å². The Hall–Kier alpha value is -0.810. The van der Waals surface area contributed by atoms with E-state index in [1.165, 1.54) is 51.6 Å². The second-order valence-electron chi connectivity index (χ2n) is 8.31. The van der Waals surface area contributed by atoms with Gasteiger partial charge in [0.05, 0.1) is 0 Å². The minimum absolute atomic E-state index is 0.0579. The van der Waals surface area contributed by atoms with E-state index in [2.05, 4.69) is 27.5 Å². The van der Waals surface area contributed by atoms with Crippen molar-refractivity contribution in [1.82, 2.24) is 20.4 Å². The molecule has 4 fully saturated rings. The smallest absolute Gasteiger partial charge is 0.315 e. The molecule has 5 heteroatoms. The van der Waals surface area contributed by atoms with E-state index in [1.54, 1.807) is 0 Å². The van der Waals surface area contributed by atoms with Gasteiger partial charge in [0.25, 0.3) is 0 Å². The number of hydrogen-bond donors (Lipinski definition) is 2. The normalized spacial score (nSPS) is 38.5. The van der Waals surface area contributed by atoms with Gasteiger partial charge in [0.2, 0.25) is 0 Å². The van der Waals surface area contributed by atoms with Crippen LogP contribution in [-0.4, -0.2) is 66.7 Å². The number of nitrogens with one attached hydrogen (secondary N) is 2. The molecule has 0 unspecified atom stereocenters. The van der Waals surface area contributed by atoms with E-state index in [9.17, 15) is 4.79 Å². The number of urea groups is 1. The molecule has 0 aromatic carbocycles. The van der Waals surface area contributed by atoms with Crippen LogP contribution in [0.1, 0.15) is 51.4 Å². The number of rotatable bonds is 4. The summed E-state index contributed by atoms with van der Waals surface area (Å²) in [6, 6.07) is 2.65. The minimum Gasteiger partial charge on any atom is -0.338 e. The lowest BCUT2D eigenvalue weighted by molar-refractivity contribution is 0.0509. The summed E-state index contributed by atoms with van der Waals surface area (Å²) >= 11 is 0. The predicted molar refractivity (Wildman–Crippen MR) is 91.4 cm³/mol. The summed E-state index contributed by atoms with van der Waals surface area (Å²) in [5.41, 5.74) is 0. The molecular weight excluding hydrogens is 288 g/mol. The van der Waals surface area contributed by atoms with Gasteiger partial charge in [-0.25, -0.2) is 4.79 Å². The maximum Gasteiger partial charge on any atom is 0.315 e. The SMILES string of the molecule is CN1[C@H]2CCC[C@H]1CC(NC(=O)NC[C@H]1CCN(C3CC3)C1)C2. The molecule has 130 valence electrons. The second-order valence-corrected chi connectivity index (χ2v) is 8.31. The Labute approximate surface area is 140 Å². The zero-order valence-electron chi connectivity index (χ0n) is 14.5. The number of piperidine rings is 2. The summed E-state index contributed by atoms with van der Waals surface area (Å²) in [4.78, 5) is 17.4. The molecule has 4 rings (SSSR count). The molecule has 1 saturated carbocycles. The molecular formula is C18H32N4O. The third-order valence-electron chi connectivity index (χ3n) is 6.61. The highest BCUT2D eigenvalue weighted by molar-refractivity contribution is 5.74. The summed E-state index contributed by atoms with van der Waals surface area (Å²) in [6.45, 7) is 3.26. The zero-order chi connectivity index (χ0) is 15.8. The molecule has 23 heavy (non-hydrogen) atoms. The highest BCUT2D eigenvalue weighted by atomic mass is 16.2. The van der Waals surface area contributed by atoms with Crippen LogP contribution in [0.2, 0.25) is 0 Å². The third-order valence-corrected chi connectivity index (χ3v) is 6.61. The van der Waals surface area contributed by atoms with Crippen LogP contribution in [0.3, 0.4) is 0 Å². The Bertz CT molecular complexity index is 425. The summed E-state index contributed by atoms with van der Waals surface area (Å²) in [7, 11) is 2.26. The maximum absolute atomic E-state index is 12.2. The van der Waals surface area contributed by atoms with Crippen molar-refractivity contribution in [3.8, 4) is 0 Å². The van der Waals surface area contributed by atoms with Gasteiger partial charge in [0.15, 0.2) is 0 Å². The highest BCUT2D eigenvalue weighted by Crippen LogP contribution is 2.33. The van der Waals surface area contributed by atoms with E-state index >= 15 is 0 Å². The summed E-state index contributed by atoms with van der Waals surface area (Å²) in [5.74, 6) is 0.651. The molecule has 0 aromatic heterocycles. The zero-order valence-corrected chi connectivity index (χ0v) is 14.5. The molecule has 2 amide bonds. The largest absolute Gasteiger partial charge is 0.338 e. The van der Waals surface area contributed by atoms with Crippen LogP contribution in [0, 0.1) is 5.92 Å². The molecule has 2 N–H and O–H groups in total.